The van der Waals surface area contributed by atoms with Crippen molar-refractivity contribution in [3.8, 4) is 0 Å². The topological polar surface area (TPSA) is 83.6 Å². The van der Waals surface area contributed by atoms with Crippen LogP contribution in [0.3, 0.4) is 0 Å². The van der Waals surface area contributed by atoms with E-state index in [2.05, 4.69) is 25.5 Å². The molecule has 0 radical (unpaired) electrons. The van der Waals surface area contributed by atoms with Gasteiger partial charge >= 0.3 is 0 Å². The minimum Gasteiger partial charge on any atom is -0.338 e. The molecule has 1 unspecified atom stereocenters. The van der Waals surface area contributed by atoms with Crippen LogP contribution >= 0.6 is 23.4 Å². The summed E-state index contributed by atoms with van der Waals surface area (Å²) in [4.78, 5) is 20.4. The van der Waals surface area contributed by atoms with Crippen molar-refractivity contribution >= 4 is 57.0 Å². The molecule has 6 nitrogen and oxygen atoms in total. The van der Waals surface area contributed by atoms with Gasteiger partial charge in [-0.1, -0.05) is 54.6 Å². The van der Waals surface area contributed by atoms with Crippen molar-refractivity contribution < 1.29 is 4.79 Å². The first kappa shape index (κ1) is 17.8. The Morgan fingerprint density at radius 2 is 2.07 bits per heavy atom. The number of nitrogens with zero attached hydrogens (tertiary/aromatic N) is 3. The number of hydrogen-bond acceptors (Lipinski definition) is 5. The average molecular weight is 398 g/mol. The lowest BCUT2D eigenvalue weighted by molar-refractivity contribution is -0.115. The van der Waals surface area contributed by atoms with Crippen molar-refractivity contribution in [3.63, 3.8) is 0 Å². The molecule has 2 aromatic heterocycles. The number of carbonyl (C=O) groups excluding carboxylic acids is 1. The second kappa shape index (κ2) is 7.54. The maximum Gasteiger partial charge on any atom is 0.237 e. The third-order valence-electron chi connectivity index (χ3n) is 4.11. The van der Waals surface area contributed by atoms with Gasteiger partial charge in [-0.15, -0.1) is 10.2 Å². The molecule has 0 spiro atoms. The van der Waals surface area contributed by atoms with E-state index in [4.69, 9.17) is 11.6 Å². The SMILES string of the molecule is CCC(Sc1nnc2c(n1)[nH]c1ccccc12)C(=O)Nc1cccc(Cl)c1. The smallest absolute Gasteiger partial charge is 0.237 e. The third-order valence-corrected chi connectivity index (χ3v) is 5.56. The minimum absolute atomic E-state index is 0.120. The Hall–Kier alpha value is -2.64. The van der Waals surface area contributed by atoms with Gasteiger partial charge in [0.1, 0.15) is 5.52 Å². The number of para-hydroxylation sites is 1. The molecule has 0 saturated heterocycles. The molecular weight excluding hydrogens is 382 g/mol. The Bertz CT molecular complexity index is 1130. The molecule has 0 bridgehead atoms. The van der Waals surface area contributed by atoms with E-state index in [1.807, 2.05) is 31.2 Å². The van der Waals surface area contributed by atoms with E-state index in [9.17, 15) is 4.79 Å². The summed E-state index contributed by atoms with van der Waals surface area (Å²) >= 11 is 7.27. The Morgan fingerprint density at radius 1 is 1.22 bits per heavy atom. The van der Waals surface area contributed by atoms with Gasteiger partial charge in [0.05, 0.1) is 5.25 Å². The summed E-state index contributed by atoms with van der Waals surface area (Å²) in [5.41, 5.74) is 3.02. The second-order valence-corrected chi connectivity index (χ2v) is 7.58. The minimum atomic E-state index is -0.340. The van der Waals surface area contributed by atoms with Gasteiger partial charge in [-0.3, -0.25) is 4.79 Å². The van der Waals surface area contributed by atoms with E-state index < -0.39 is 0 Å². The Morgan fingerprint density at radius 3 is 2.89 bits per heavy atom. The molecule has 0 saturated carbocycles. The van der Waals surface area contributed by atoms with Crippen LogP contribution in [-0.2, 0) is 4.79 Å². The van der Waals surface area contributed by atoms with Crippen LogP contribution < -0.4 is 5.32 Å². The van der Waals surface area contributed by atoms with Crippen molar-refractivity contribution in [2.24, 2.45) is 0 Å². The number of benzene rings is 2. The van der Waals surface area contributed by atoms with E-state index in [0.29, 0.717) is 27.9 Å². The number of hydrogen-bond donors (Lipinski definition) is 2. The second-order valence-electron chi connectivity index (χ2n) is 5.98. The van der Waals surface area contributed by atoms with E-state index >= 15 is 0 Å². The van der Waals surface area contributed by atoms with Crippen LogP contribution in [0.5, 0.6) is 0 Å². The van der Waals surface area contributed by atoms with E-state index in [-0.39, 0.29) is 11.2 Å². The fraction of sp³-hybridized carbons (Fsp3) is 0.158. The van der Waals surface area contributed by atoms with E-state index in [1.54, 1.807) is 24.3 Å². The predicted octanol–water partition coefficient (Wildman–Crippen LogP) is 4.67. The molecule has 4 aromatic rings. The summed E-state index contributed by atoms with van der Waals surface area (Å²) in [5, 5.41) is 13.1. The monoisotopic (exact) mass is 397 g/mol. The average Bonchev–Trinajstić information content (AvgIpc) is 3.03. The van der Waals surface area contributed by atoms with Gasteiger partial charge in [-0.25, -0.2) is 4.98 Å². The first-order chi connectivity index (χ1) is 13.1. The van der Waals surface area contributed by atoms with Crippen molar-refractivity contribution in [1.29, 1.82) is 0 Å². The lowest BCUT2D eigenvalue weighted by atomic mass is 10.2. The number of nitrogens with one attached hydrogen (secondary N) is 2. The summed E-state index contributed by atoms with van der Waals surface area (Å²) in [5.74, 6) is -0.120. The highest BCUT2D eigenvalue weighted by molar-refractivity contribution is 8.00. The van der Waals surface area contributed by atoms with Crippen LogP contribution in [-0.4, -0.2) is 31.3 Å². The Labute approximate surface area is 164 Å². The number of anilines is 1. The van der Waals surface area contributed by atoms with Crippen molar-refractivity contribution in [2.75, 3.05) is 5.32 Å². The summed E-state index contributed by atoms with van der Waals surface area (Å²) in [7, 11) is 0. The molecular formula is C19H16ClN5OS. The number of halogens is 1. The molecule has 0 aliphatic heterocycles. The maximum absolute atomic E-state index is 12.6. The highest BCUT2D eigenvalue weighted by atomic mass is 35.5. The number of thioether (sulfide) groups is 1. The first-order valence-electron chi connectivity index (χ1n) is 8.48. The van der Waals surface area contributed by atoms with Gasteiger partial charge in [0.25, 0.3) is 0 Å². The molecule has 4 rings (SSSR count). The number of H-pyrrole nitrogens is 1. The fourth-order valence-corrected chi connectivity index (χ4v) is 3.80. The number of rotatable bonds is 5. The molecule has 27 heavy (non-hydrogen) atoms. The lowest BCUT2D eigenvalue weighted by Gasteiger charge is -2.13. The number of amides is 1. The molecule has 2 aromatic carbocycles. The molecule has 2 N–H and O–H groups in total. The fourth-order valence-electron chi connectivity index (χ4n) is 2.79. The lowest BCUT2D eigenvalue weighted by Crippen LogP contribution is -2.24. The van der Waals surface area contributed by atoms with Crippen LogP contribution in [0, 0.1) is 0 Å². The Balaban J connectivity index is 1.55. The van der Waals surface area contributed by atoms with E-state index in [1.165, 1.54) is 11.8 Å². The summed E-state index contributed by atoms with van der Waals surface area (Å²) in [6, 6.07) is 14.9. The quantitative estimate of drug-likeness (QED) is 0.478. The van der Waals surface area contributed by atoms with E-state index in [0.717, 1.165) is 16.4 Å². The largest absolute Gasteiger partial charge is 0.338 e. The zero-order valence-electron chi connectivity index (χ0n) is 14.4. The zero-order valence-corrected chi connectivity index (χ0v) is 16.0. The normalized spacial score (nSPS) is 12.4. The number of aromatic amines is 1. The van der Waals surface area contributed by atoms with Crippen LogP contribution in [0.15, 0.2) is 53.7 Å². The molecule has 1 amide bonds. The summed E-state index contributed by atoms with van der Waals surface area (Å²) < 4.78 is 0. The maximum atomic E-state index is 12.6. The first-order valence-corrected chi connectivity index (χ1v) is 9.74. The van der Waals surface area contributed by atoms with Gasteiger partial charge in [0.15, 0.2) is 5.65 Å². The van der Waals surface area contributed by atoms with Gasteiger partial charge in [0, 0.05) is 21.6 Å². The Kier molecular flexibility index (Phi) is 4.96. The summed E-state index contributed by atoms with van der Waals surface area (Å²) in [6.45, 7) is 1.95. The number of fused-ring (bicyclic) bond motifs is 3. The molecule has 0 aliphatic carbocycles. The summed E-state index contributed by atoms with van der Waals surface area (Å²) in [6.07, 6.45) is 0.630. The highest BCUT2D eigenvalue weighted by Gasteiger charge is 2.20. The van der Waals surface area contributed by atoms with Gasteiger partial charge in [0.2, 0.25) is 11.1 Å². The predicted molar refractivity (Wildman–Crippen MR) is 109 cm³/mol. The third kappa shape index (κ3) is 3.74. The molecule has 0 fully saturated rings. The highest BCUT2D eigenvalue weighted by Crippen LogP contribution is 2.27. The van der Waals surface area contributed by atoms with Gasteiger partial charge in [-0.05, 0) is 30.7 Å². The molecule has 0 aliphatic rings. The number of carbonyl (C=O) groups is 1. The van der Waals surface area contributed by atoms with Crippen LogP contribution in [0.4, 0.5) is 5.69 Å². The van der Waals surface area contributed by atoms with Crippen molar-refractivity contribution in [3.05, 3.63) is 53.6 Å². The standard InChI is InChI=1S/C19H16ClN5OS/c1-2-15(18(26)21-12-7-5-6-11(20)10-12)27-19-23-17-16(24-25-19)13-8-3-4-9-14(13)22-17/h3-10,15H,2H2,1H3,(H,21,26)(H,22,23,25). The molecule has 8 heteroatoms. The van der Waals surface area contributed by atoms with Crippen LogP contribution in [0.2, 0.25) is 5.02 Å². The van der Waals surface area contributed by atoms with Crippen molar-refractivity contribution in [1.82, 2.24) is 20.2 Å². The number of aromatic nitrogens is 4. The van der Waals surface area contributed by atoms with Crippen LogP contribution in [0.1, 0.15) is 13.3 Å². The zero-order chi connectivity index (χ0) is 18.8. The molecule has 136 valence electrons. The van der Waals surface area contributed by atoms with Crippen LogP contribution in [0.25, 0.3) is 22.1 Å². The van der Waals surface area contributed by atoms with Gasteiger partial charge in [-0.2, -0.15) is 0 Å². The van der Waals surface area contributed by atoms with Gasteiger partial charge < -0.3 is 10.3 Å². The van der Waals surface area contributed by atoms with Crippen molar-refractivity contribution in [2.45, 2.75) is 23.8 Å². The molecule has 2 heterocycles. The molecule has 1 atom stereocenters.